The van der Waals surface area contributed by atoms with Gasteiger partial charge in [0.25, 0.3) is 11.8 Å². The lowest BCUT2D eigenvalue weighted by atomic mass is 10.0. The number of amides is 2. The Kier molecular flexibility index (Phi) is 5.62. The monoisotopic (exact) mass is 418 g/mol. The SMILES string of the molecule is CC(C)C[C@H](C(=O)OCc1ncn(-c2ccccc2)n1)N1C(=O)c2ccccc2C1=O. The van der Waals surface area contributed by atoms with Crippen LogP contribution in [0.15, 0.2) is 60.9 Å². The number of carbonyl (C=O) groups excluding carboxylic acids is 3. The van der Waals surface area contributed by atoms with E-state index < -0.39 is 23.8 Å². The number of esters is 1. The highest BCUT2D eigenvalue weighted by Gasteiger charge is 2.43. The Morgan fingerprint density at radius 2 is 1.58 bits per heavy atom. The van der Waals surface area contributed by atoms with E-state index >= 15 is 0 Å². The average Bonchev–Trinajstić information content (AvgIpc) is 3.35. The van der Waals surface area contributed by atoms with Gasteiger partial charge in [-0.15, -0.1) is 5.10 Å². The van der Waals surface area contributed by atoms with Crippen molar-refractivity contribution >= 4 is 17.8 Å². The molecule has 3 aromatic rings. The standard InChI is InChI=1S/C23H22N4O4/c1-15(2)12-19(27-21(28)17-10-6-7-11-18(17)22(27)29)23(30)31-13-20-24-14-26(25-20)16-8-4-3-5-9-16/h3-11,14-15,19H,12-13H2,1-2H3/t19-/m1/s1. The second-order valence-corrected chi connectivity index (χ2v) is 7.72. The Hall–Kier alpha value is -3.81. The Balaban J connectivity index is 1.49. The van der Waals surface area contributed by atoms with Gasteiger partial charge in [0.2, 0.25) is 0 Å². The minimum absolute atomic E-state index is 0.0669. The summed E-state index contributed by atoms with van der Waals surface area (Å²) in [5.74, 6) is -1.22. The van der Waals surface area contributed by atoms with E-state index in [2.05, 4.69) is 10.1 Å². The molecule has 8 nitrogen and oxygen atoms in total. The molecule has 0 radical (unpaired) electrons. The molecule has 2 aromatic carbocycles. The quantitative estimate of drug-likeness (QED) is 0.432. The summed E-state index contributed by atoms with van der Waals surface area (Å²) in [5.41, 5.74) is 1.44. The minimum Gasteiger partial charge on any atom is -0.456 e. The second-order valence-electron chi connectivity index (χ2n) is 7.72. The van der Waals surface area contributed by atoms with Crippen LogP contribution in [0, 0.1) is 5.92 Å². The molecule has 8 heteroatoms. The average molecular weight is 418 g/mol. The Bertz CT molecular complexity index is 1090. The molecule has 1 atom stereocenters. The Morgan fingerprint density at radius 3 is 2.19 bits per heavy atom. The number of ether oxygens (including phenoxy) is 1. The molecular weight excluding hydrogens is 396 g/mol. The maximum Gasteiger partial charge on any atom is 0.329 e. The molecule has 1 aromatic heterocycles. The molecule has 0 bridgehead atoms. The third-order valence-electron chi connectivity index (χ3n) is 5.01. The zero-order valence-electron chi connectivity index (χ0n) is 17.3. The molecule has 158 valence electrons. The number of hydrogen-bond acceptors (Lipinski definition) is 6. The Morgan fingerprint density at radius 1 is 0.968 bits per heavy atom. The van der Waals surface area contributed by atoms with Gasteiger partial charge in [-0.1, -0.05) is 44.2 Å². The van der Waals surface area contributed by atoms with Crippen molar-refractivity contribution in [3.63, 3.8) is 0 Å². The van der Waals surface area contributed by atoms with Gasteiger partial charge in [0, 0.05) is 0 Å². The predicted molar refractivity (Wildman–Crippen MR) is 111 cm³/mol. The van der Waals surface area contributed by atoms with Gasteiger partial charge in [0.05, 0.1) is 16.8 Å². The predicted octanol–water partition coefficient (Wildman–Crippen LogP) is 3.02. The van der Waals surface area contributed by atoms with Gasteiger partial charge < -0.3 is 4.74 Å². The van der Waals surface area contributed by atoms with Gasteiger partial charge in [0.1, 0.15) is 12.4 Å². The first-order valence-electron chi connectivity index (χ1n) is 10.0. The molecule has 2 heterocycles. The summed E-state index contributed by atoms with van der Waals surface area (Å²) in [5, 5.41) is 4.31. The molecule has 31 heavy (non-hydrogen) atoms. The molecule has 0 spiro atoms. The fourth-order valence-corrected chi connectivity index (χ4v) is 3.54. The van der Waals surface area contributed by atoms with Crippen molar-refractivity contribution in [2.75, 3.05) is 0 Å². The van der Waals surface area contributed by atoms with Crippen molar-refractivity contribution in [3.05, 3.63) is 77.9 Å². The van der Waals surface area contributed by atoms with E-state index in [0.717, 1.165) is 10.6 Å². The summed E-state index contributed by atoms with van der Waals surface area (Å²) < 4.78 is 7.01. The summed E-state index contributed by atoms with van der Waals surface area (Å²) in [6, 6.07) is 15.0. The highest BCUT2D eigenvalue weighted by molar-refractivity contribution is 6.22. The van der Waals surface area contributed by atoms with Gasteiger partial charge >= 0.3 is 5.97 Å². The molecule has 2 amide bonds. The van der Waals surface area contributed by atoms with Crippen LogP contribution in [-0.4, -0.2) is 43.5 Å². The number of fused-ring (bicyclic) bond motifs is 1. The van der Waals surface area contributed by atoms with E-state index in [-0.39, 0.29) is 12.5 Å². The molecular formula is C23H22N4O4. The normalized spacial score (nSPS) is 14.1. The van der Waals surface area contributed by atoms with Crippen LogP contribution in [0.5, 0.6) is 0 Å². The number of hydrogen-bond donors (Lipinski definition) is 0. The first-order valence-corrected chi connectivity index (χ1v) is 10.0. The van der Waals surface area contributed by atoms with E-state index in [4.69, 9.17) is 4.74 Å². The third kappa shape index (κ3) is 4.09. The van der Waals surface area contributed by atoms with Crippen LogP contribution < -0.4 is 0 Å². The maximum absolute atomic E-state index is 12.9. The number of para-hydroxylation sites is 1. The van der Waals surface area contributed by atoms with Crippen LogP contribution in [0.3, 0.4) is 0 Å². The Labute approximate surface area is 179 Å². The summed E-state index contributed by atoms with van der Waals surface area (Å²) >= 11 is 0. The van der Waals surface area contributed by atoms with Gasteiger partial charge in [-0.05, 0) is 36.6 Å². The first-order chi connectivity index (χ1) is 15.0. The number of rotatable bonds is 7. The number of carbonyl (C=O) groups is 3. The molecule has 0 fully saturated rings. The highest BCUT2D eigenvalue weighted by atomic mass is 16.5. The number of imide groups is 1. The summed E-state index contributed by atoms with van der Waals surface area (Å²) in [4.78, 5) is 43.8. The van der Waals surface area contributed by atoms with Crippen molar-refractivity contribution in [2.24, 2.45) is 5.92 Å². The number of benzene rings is 2. The van der Waals surface area contributed by atoms with Gasteiger partial charge in [-0.2, -0.15) is 0 Å². The zero-order chi connectivity index (χ0) is 22.0. The first kappa shape index (κ1) is 20.5. The zero-order valence-corrected chi connectivity index (χ0v) is 17.3. The van der Waals surface area contributed by atoms with E-state index in [1.54, 1.807) is 28.9 Å². The van der Waals surface area contributed by atoms with Crippen molar-refractivity contribution in [2.45, 2.75) is 32.9 Å². The summed E-state index contributed by atoms with van der Waals surface area (Å²) in [6.07, 6.45) is 1.84. The van der Waals surface area contributed by atoms with Crippen molar-refractivity contribution in [1.82, 2.24) is 19.7 Å². The van der Waals surface area contributed by atoms with Crippen LogP contribution in [0.4, 0.5) is 0 Å². The second kappa shape index (κ2) is 8.51. The fourth-order valence-electron chi connectivity index (χ4n) is 3.54. The van der Waals surface area contributed by atoms with Crippen molar-refractivity contribution in [3.8, 4) is 5.69 Å². The van der Waals surface area contributed by atoms with Gasteiger partial charge in [-0.25, -0.2) is 14.5 Å². The third-order valence-corrected chi connectivity index (χ3v) is 5.01. The molecule has 0 saturated carbocycles. The largest absolute Gasteiger partial charge is 0.456 e. The minimum atomic E-state index is -1.01. The van der Waals surface area contributed by atoms with Crippen LogP contribution in [0.25, 0.3) is 5.69 Å². The van der Waals surface area contributed by atoms with Gasteiger partial charge in [0.15, 0.2) is 12.4 Å². The topological polar surface area (TPSA) is 94.4 Å². The maximum atomic E-state index is 12.9. The van der Waals surface area contributed by atoms with E-state index in [1.165, 1.54) is 6.33 Å². The molecule has 4 rings (SSSR count). The molecule has 0 aliphatic carbocycles. The van der Waals surface area contributed by atoms with E-state index in [9.17, 15) is 14.4 Å². The van der Waals surface area contributed by atoms with Crippen LogP contribution in [-0.2, 0) is 16.1 Å². The van der Waals surface area contributed by atoms with E-state index in [0.29, 0.717) is 23.4 Å². The molecule has 1 aliphatic heterocycles. The summed E-state index contributed by atoms with van der Waals surface area (Å²) in [6.45, 7) is 3.68. The van der Waals surface area contributed by atoms with E-state index in [1.807, 2.05) is 44.2 Å². The molecule has 1 aliphatic rings. The lowest BCUT2D eigenvalue weighted by molar-refractivity contribution is -0.150. The summed E-state index contributed by atoms with van der Waals surface area (Å²) in [7, 11) is 0. The fraction of sp³-hybridized carbons (Fsp3) is 0.261. The van der Waals surface area contributed by atoms with Crippen LogP contribution >= 0.6 is 0 Å². The molecule has 0 N–H and O–H groups in total. The lowest BCUT2D eigenvalue weighted by Gasteiger charge is -2.25. The van der Waals surface area contributed by atoms with Crippen LogP contribution in [0.2, 0.25) is 0 Å². The number of nitrogens with zero attached hydrogens (tertiary/aromatic N) is 4. The van der Waals surface area contributed by atoms with Crippen LogP contribution in [0.1, 0.15) is 46.8 Å². The van der Waals surface area contributed by atoms with Gasteiger partial charge in [-0.3, -0.25) is 14.5 Å². The molecule has 0 unspecified atom stereocenters. The van der Waals surface area contributed by atoms with Crippen molar-refractivity contribution in [1.29, 1.82) is 0 Å². The highest BCUT2D eigenvalue weighted by Crippen LogP contribution is 2.27. The lowest BCUT2D eigenvalue weighted by Crippen LogP contribution is -2.46. The van der Waals surface area contributed by atoms with Crippen molar-refractivity contribution < 1.29 is 19.1 Å². The number of aromatic nitrogens is 3. The smallest absolute Gasteiger partial charge is 0.329 e. The molecule has 0 saturated heterocycles.